The lowest BCUT2D eigenvalue weighted by atomic mass is 9.98. The minimum Gasteiger partial charge on any atom is -0.439 e. The average molecular weight is 391 g/mol. The Balaban J connectivity index is 1.63. The number of carbonyl (C=O) groups excluding carboxylic acids is 2. The predicted molar refractivity (Wildman–Crippen MR) is 111 cm³/mol. The summed E-state index contributed by atoms with van der Waals surface area (Å²) in [5, 5.41) is 5.68. The smallest absolute Gasteiger partial charge is 0.251 e. The molecule has 0 aliphatic rings. The maximum atomic E-state index is 12.8. The van der Waals surface area contributed by atoms with Gasteiger partial charge in [0, 0.05) is 11.1 Å². The molecule has 2 N–H and O–H groups in total. The second-order valence-electron chi connectivity index (χ2n) is 6.90. The SMILES string of the molecule is CCC(C)C(NC(=O)c1ccccc1)C(=O)NCc1ncc(-c2ccccc2)o1. The van der Waals surface area contributed by atoms with Crippen LogP contribution in [0.1, 0.15) is 36.5 Å². The fourth-order valence-corrected chi connectivity index (χ4v) is 2.92. The Hall–Kier alpha value is -3.41. The molecule has 2 amide bonds. The number of nitrogens with zero attached hydrogens (tertiary/aromatic N) is 1. The Morgan fingerprint density at radius 1 is 1.03 bits per heavy atom. The van der Waals surface area contributed by atoms with Gasteiger partial charge in [-0.1, -0.05) is 68.8 Å². The maximum Gasteiger partial charge on any atom is 0.251 e. The molecule has 29 heavy (non-hydrogen) atoms. The van der Waals surface area contributed by atoms with E-state index in [9.17, 15) is 9.59 Å². The molecule has 0 aliphatic carbocycles. The van der Waals surface area contributed by atoms with Gasteiger partial charge in [0.05, 0.1) is 12.7 Å². The fraction of sp³-hybridized carbons (Fsp3) is 0.261. The first-order valence-electron chi connectivity index (χ1n) is 9.72. The molecular formula is C23H25N3O3. The summed E-state index contributed by atoms with van der Waals surface area (Å²) in [6.07, 6.45) is 2.39. The number of hydrogen-bond acceptors (Lipinski definition) is 4. The molecule has 0 fully saturated rings. The Morgan fingerprint density at radius 2 is 1.69 bits per heavy atom. The largest absolute Gasteiger partial charge is 0.439 e. The summed E-state index contributed by atoms with van der Waals surface area (Å²) < 4.78 is 5.72. The van der Waals surface area contributed by atoms with Crippen LogP contribution in [0.25, 0.3) is 11.3 Å². The van der Waals surface area contributed by atoms with Crippen molar-refractivity contribution in [2.75, 3.05) is 0 Å². The van der Waals surface area contributed by atoms with E-state index in [2.05, 4.69) is 15.6 Å². The van der Waals surface area contributed by atoms with Crippen LogP contribution in [0.5, 0.6) is 0 Å². The third-order valence-electron chi connectivity index (χ3n) is 4.84. The molecule has 0 radical (unpaired) electrons. The first kappa shape index (κ1) is 20.3. The highest BCUT2D eigenvalue weighted by molar-refractivity contribution is 5.97. The van der Waals surface area contributed by atoms with Crippen molar-refractivity contribution in [1.82, 2.24) is 15.6 Å². The minimum absolute atomic E-state index is 0.0212. The average Bonchev–Trinajstić information content (AvgIpc) is 3.25. The second-order valence-corrected chi connectivity index (χ2v) is 6.90. The summed E-state index contributed by atoms with van der Waals surface area (Å²) >= 11 is 0. The Morgan fingerprint density at radius 3 is 2.34 bits per heavy atom. The normalized spacial score (nSPS) is 12.8. The molecule has 6 heteroatoms. The van der Waals surface area contributed by atoms with Gasteiger partial charge >= 0.3 is 0 Å². The number of aromatic nitrogens is 1. The third kappa shape index (κ3) is 5.31. The van der Waals surface area contributed by atoms with E-state index in [1.54, 1.807) is 30.5 Å². The van der Waals surface area contributed by atoms with Crippen LogP contribution >= 0.6 is 0 Å². The molecule has 0 saturated heterocycles. The molecule has 2 unspecified atom stereocenters. The molecule has 2 atom stereocenters. The van der Waals surface area contributed by atoms with Gasteiger partial charge in [-0.25, -0.2) is 4.98 Å². The fourth-order valence-electron chi connectivity index (χ4n) is 2.92. The molecule has 3 rings (SSSR count). The molecule has 1 aromatic heterocycles. The number of benzene rings is 2. The molecule has 3 aromatic rings. The lowest BCUT2D eigenvalue weighted by Gasteiger charge is -2.23. The van der Waals surface area contributed by atoms with Crippen molar-refractivity contribution in [1.29, 1.82) is 0 Å². The Kier molecular flexibility index (Phi) is 6.79. The zero-order chi connectivity index (χ0) is 20.6. The van der Waals surface area contributed by atoms with Gasteiger partial charge in [0.15, 0.2) is 5.76 Å². The van der Waals surface area contributed by atoms with Crippen LogP contribution in [0.15, 0.2) is 71.3 Å². The molecular weight excluding hydrogens is 366 g/mol. The van der Waals surface area contributed by atoms with E-state index in [1.165, 1.54) is 0 Å². The first-order valence-corrected chi connectivity index (χ1v) is 9.72. The van der Waals surface area contributed by atoms with Gasteiger partial charge in [-0.15, -0.1) is 0 Å². The predicted octanol–water partition coefficient (Wildman–Crippen LogP) is 3.80. The van der Waals surface area contributed by atoms with E-state index in [-0.39, 0.29) is 24.3 Å². The van der Waals surface area contributed by atoms with E-state index < -0.39 is 6.04 Å². The van der Waals surface area contributed by atoms with Gasteiger partial charge in [0.1, 0.15) is 6.04 Å². The van der Waals surface area contributed by atoms with Crippen LogP contribution in [-0.4, -0.2) is 22.8 Å². The lowest BCUT2D eigenvalue weighted by molar-refractivity contribution is -0.124. The summed E-state index contributed by atoms with van der Waals surface area (Å²) in [5.41, 5.74) is 1.44. The first-order chi connectivity index (χ1) is 14.1. The summed E-state index contributed by atoms with van der Waals surface area (Å²) in [6.45, 7) is 4.08. The molecule has 6 nitrogen and oxygen atoms in total. The maximum absolute atomic E-state index is 12.8. The number of oxazole rings is 1. The highest BCUT2D eigenvalue weighted by Gasteiger charge is 2.26. The van der Waals surface area contributed by atoms with Crippen molar-refractivity contribution in [3.05, 3.63) is 78.3 Å². The number of amides is 2. The van der Waals surface area contributed by atoms with Crippen molar-refractivity contribution in [2.45, 2.75) is 32.9 Å². The van der Waals surface area contributed by atoms with Crippen LogP contribution in [0.2, 0.25) is 0 Å². The highest BCUT2D eigenvalue weighted by atomic mass is 16.4. The Bertz CT molecular complexity index is 938. The van der Waals surface area contributed by atoms with Crippen LogP contribution < -0.4 is 10.6 Å². The summed E-state index contributed by atoms with van der Waals surface area (Å²) in [7, 11) is 0. The molecule has 150 valence electrons. The molecule has 1 heterocycles. The number of rotatable bonds is 8. The standard InChI is InChI=1S/C23H25N3O3/c1-3-16(2)21(26-22(27)18-12-8-5-9-13-18)23(28)25-15-20-24-14-19(29-20)17-10-6-4-7-11-17/h4-14,16,21H,3,15H2,1-2H3,(H,25,28)(H,26,27). The Labute approximate surface area is 170 Å². The molecule has 0 aliphatic heterocycles. The lowest BCUT2D eigenvalue weighted by Crippen LogP contribution is -2.50. The highest BCUT2D eigenvalue weighted by Crippen LogP contribution is 2.19. The van der Waals surface area contributed by atoms with Gasteiger partial charge in [0.2, 0.25) is 11.8 Å². The second kappa shape index (κ2) is 9.68. The van der Waals surface area contributed by atoms with Gasteiger partial charge in [-0.3, -0.25) is 9.59 Å². The van der Waals surface area contributed by atoms with E-state index >= 15 is 0 Å². The van der Waals surface area contributed by atoms with Crippen LogP contribution in [0.3, 0.4) is 0 Å². The summed E-state index contributed by atoms with van der Waals surface area (Å²) in [6, 6.07) is 17.9. The number of nitrogens with one attached hydrogen (secondary N) is 2. The molecule has 2 aromatic carbocycles. The van der Waals surface area contributed by atoms with Gasteiger partial charge in [0.25, 0.3) is 5.91 Å². The van der Waals surface area contributed by atoms with Crippen LogP contribution in [0.4, 0.5) is 0 Å². The van der Waals surface area contributed by atoms with Crippen LogP contribution in [-0.2, 0) is 11.3 Å². The third-order valence-corrected chi connectivity index (χ3v) is 4.84. The van der Waals surface area contributed by atoms with Crippen molar-refractivity contribution >= 4 is 11.8 Å². The molecule has 0 spiro atoms. The number of carbonyl (C=O) groups is 2. The van der Waals surface area contributed by atoms with Crippen LogP contribution in [0, 0.1) is 5.92 Å². The minimum atomic E-state index is -0.642. The van der Waals surface area contributed by atoms with E-state index in [4.69, 9.17) is 4.42 Å². The van der Waals surface area contributed by atoms with E-state index in [0.717, 1.165) is 12.0 Å². The quantitative estimate of drug-likeness (QED) is 0.612. The van der Waals surface area contributed by atoms with Gasteiger partial charge < -0.3 is 15.1 Å². The zero-order valence-corrected chi connectivity index (χ0v) is 16.6. The zero-order valence-electron chi connectivity index (χ0n) is 16.6. The van der Waals surface area contributed by atoms with Crippen molar-refractivity contribution < 1.29 is 14.0 Å². The van der Waals surface area contributed by atoms with Crippen molar-refractivity contribution in [3.8, 4) is 11.3 Å². The van der Waals surface area contributed by atoms with Crippen molar-refractivity contribution in [3.63, 3.8) is 0 Å². The van der Waals surface area contributed by atoms with E-state index in [0.29, 0.717) is 17.2 Å². The topological polar surface area (TPSA) is 84.2 Å². The van der Waals surface area contributed by atoms with Gasteiger partial charge in [-0.2, -0.15) is 0 Å². The summed E-state index contributed by atoms with van der Waals surface area (Å²) in [4.78, 5) is 29.5. The summed E-state index contributed by atoms with van der Waals surface area (Å²) in [5.74, 6) is 0.504. The molecule has 0 saturated carbocycles. The van der Waals surface area contributed by atoms with Gasteiger partial charge in [-0.05, 0) is 18.1 Å². The van der Waals surface area contributed by atoms with E-state index in [1.807, 2.05) is 50.2 Å². The number of hydrogen-bond donors (Lipinski definition) is 2. The molecule has 0 bridgehead atoms. The van der Waals surface area contributed by atoms with Crippen molar-refractivity contribution in [2.24, 2.45) is 5.92 Å². The monoisotopic (exact) mass is 391 g/mol.